The Balaban J connectivity index is 0.00000280. The number of nitrogens with one attached hydrogen (secondary N) is 1. The zero-order valence-electron chi connectivity index (χ0n) is 17.1. The minimum atomic E-state index is 0. The molecule has 0 amide bonds. The number of benzene rings is 1. The van der Waals surface area contributed by atoms with Gasteiger partial charge in [0.25, 0.3) is 0 Å². The van der Waals surface area contributed by atoms with Gasteiger partial charge in [-0.15, -0.1) is 24.0 Å². The summed E-state index contributed by atoms with van der Waals surface area (Å²) in [7, 11) is 5.64. The van der Waals surface area contributed by atoms with Gasteiger partial charge in [-0.25, -0.2) is 0 Å². The van der Waals surface area contributed by atoms with E-state index in [0.29, 0.717) is 0 Å². The van der Waals surface area contributed by atoms with Crippen molar-refractivity contribution in [3.05, 3.63) is 29.8 Å². The highest BCUT2D eigenvalue weighted by molar-refractivity contribution is 14.0. The normalized spacial score (nSPS) is 23.2. The molecule has 8 heteroatoms. The third-order valence-electron chi connectivity index (χ3n) is 5.49. The van der Waals surface area contributed by atoms with E-state index >= 15 is 0 Å². The van der Waals surface area contributed by atoms with Gasteiger partial charge < -0.3 is 19.7 Å². The Labute approximate surface area is 190 Å². The number of morpholine rings is 1. The van der Waals surface area contributed by atoms with Crippen LogP contribution in [0.2, 0.25) is 0 Å². The number of rotatable bonds is 6. The lowest BCUT2D eigenvalue weighted by atomic mass is 9.95. The van der Waals surface area contributed by atoms with E-state index in [4.69, 9.17) is 9.47 Å². The lowest BCUT2D eigenvalue weighted by Gasteiger charge is -2.43. The van der Waals surface area contributed by atoms with Crippen molar-refractivity contribution < 1.29 is 9.47 Å². The third-order valence-corrected chi connectivity index (χ3v) is 6.73. The Morgan fingerprint density at radius 3 is 2.61 bits per heavy atom. The number of guanidine groups is 1. The molecule has 1 aromatic carbocycles. The van der Waals surface area contributed by atoms with Crippen molar-refractivity contribution in [3.63, 3.8) is 0 Å². The Morgan fingerprint density at radius 2 is 2.04 bits per heavy atom. The van der Waals surface area contributed by atoms with Crippen LogP contribution in [-0.4, -0.2) is 86.9 Å². The zero-order valence-corrected chi connectivity index (χ0v) is 20.3. The second-order valence-corrected chi connectivity index (χ2v) is 8.34. The number of halogens is 1. The standard InChI is InChI=1S/C20H32N4O2S.HI/c1-21-19(23(2)14-17-4-6-18(25-3)7-5-17)22-15-20(8-13-27-16-20)24-9-11-26-12-10-24;/h4-7H,8-16H2,1-3H3,(H,21,22);1H. The maximum absolute atomic E-state index is 5.56. The van der Waals surface area contributed by atoms with Gasteiger partial charge in [0.05, 0.1) is 20.3 Å². The first kappa shape index (κ1) is 23.6. The molecule has 0 bridgehead atoms. The van der Waals surface area contributed by atoms with Gasteiger partial charge in [-0.1, -0.05) is 12.1 Å². The van der Waals surface area contributed by atoms with Gasteiger partial charge >= 0.3 is 0 Å². The van der Waals surface area contributed by atoms with Crippen molar-refractivity contribution in [1.29, 1.82) is 0 Å². The van der Waals surface area contributed by atoms with Crippen LogP contribution < -0.4 is 10.1 Å². The van der Waals surface area contributed by atoms with Crippen molar-refractivity contribution >= 4 is 41.7 Å². The Hall–Kier alpha value is -0.710. The molecule has 0 aliphatic carbocycles. The van der Waals surface area contributed by atoms with Gasteiger partial charge in [-0.3, -0.25) is 9.89 Å². The maximum Gasteiger partial charge on any atom is 0.193 e. The van der Waals surface area contributed by atoms with E-state index in [1.165, 1.54) is 23.5 Å². The number of hydrogen-bond donors (Lipinski definition) is 1. The molecule has 2 aliphatic rings. The van der Waals surface area contributed by atoms with E-state index in [-0.39, 0.29) is 29.5 Å². The molecule has 2 saturated heterocycles. The van der Waals surface area contributed by atoms with E-state index in [1.54, 1.807) is 7.11 Å². The summed E-state index contributed by atoms with van der Waals surface area (Å²) in [6, 6.07) is 8.21. The van der Waals surface area contributed by atoms with Crippen molar-refractivity contribution in [2.75, 3.05) is 65.6 Å². The van der Waals surface area contributed by atoms with Crippen LogP contribution in [0.5, 0.6) is 5.75 Å². The molecule has 1 unspecified atom stereocenters. The summed E-state index contributed by atoms with van der Waals surface area (Å²) in [5, 5.41) is 3.65. The van der Waals surface area contributed by atoms with Crippen LogP contribution in [0, 0.1) is 0 Å². The number of nitrogens with zero attached hydrogens (tertiary/aromatic N) is 3. The van der Waals surface area contributed by atoms with Crippen LogP contribution in [0.3, 0.4) is 0 Å². The van der Waals surface area contributed by atoms with Crippen molar-refractivity contribution in [1.82, 2.24) is 15.1 Å². The average Bonchev–Trinajstić information content (AvgIpc) is 3.20. The van der Waals surface area contributed by atoms with Crippen LogP contribution in [0.15, 0.2) is 29.3 Å². The molecule has 158 valence electrons. The highest BCUT2D eigenvalue weighted by Gasteiger charge is 2.40. The predicted octanol–water partition coefficient (Wildman–Crippen LogP) is 2.53. The summed E-state index contributed by atoms with van der Waals surface area (Å²) in [6.07, 6.45) is 1.23. The van der Waals surface area contributed by atoms with Gasteiger partial charge in [0.1, 0.15) is 5.75 Å². The van der Waals surface area contributed by atoms with E-state index in [1.807, 2.05) is 19.2 Å². The van der Waals surface area contributed by atoms with Crippen molar-refractivity contribution in [2.45, 2.75) is 18.5 Å². The molecule has 2 fully saturated rings. The molecule has 0 radical (unpaired) electrons. The molecule has 1 aromatic rings. The van der Waals surface area contributed by atoms with Crippen molar-refractivity contribution in [2.24, 2.45) is 4.99 Å². The number of thioether (sulfide) groups is 1. The molecule has 1 N–H and O–H groups in total. The van der Waals surface area contributed by atoms with Gasteiger partial charge in [-0.2, -0.15) is 11.8 Å². The van der Waals surface area contributed by atoms with Gasteiger partial charge in [0.2, 0.25) is 0 Å². The first-order chi connectivity index (χ1) is 13.2. The number of aliphatic imine (C=N–C) groups is 1. The summed E-state index contributed by atoms with van der Waals surface area (Å²) in [4.78, 5) is 9.31. The summed E-state index contributed by atoms with van der Waals surface area (Å²) >= 11 is 2.06. The Morgan fingerprint density at radius 1 is 1.32 bits per heavy atom. The van der Waals surface area contributed by atoms with E-state index < -0.39 is 0 Å². The Bertz CT molecular complexity index is 617. The molecule has 6 nitrogen and oxygen atoms in total. The molecule has 3 rings (SSSR count). The van der Waals surface area contributed by atoms with Crippen LogP contribution >= 0.6 is 35.7 Å². The quantitative estimate of drug-likeness (QED) is 0.354. The monoisotopic (exact) mass is 520 g/mol. The lowest BCUT2D eigenvalue weighted by Crippen LogP contribution is -2.60. The largest absolute Gasteiger partial charge is 0.497 e. The highest BCUT2D eigenvalue weighted by atomic mass is 127. The third kappa shape index (κ3) is 5.90. The second kappa shape index (κ2) is 11.5. The summed E-state index contributed by atoms with van der Waals surface area (Å²) in [6.45, 7) is 5.49. The molecule has 0 aromatic heterocycles. The van der Waals surface area contributed by atoms with Crippen LogP contribution in [0.4, 0.5) is 0 Å². The van der Waals surface area contributed by atoms with Gasteiger partial charge in [0.15, 0.2) is 5.96 Å². The smallest absolute Gasteiger partial charge is 0.193 e. The molecular weight excluding hydrogens is 487 g/mol. The van der Waals surface area contributed by atoms with Gasteiger partial charge in [-0.05, 0) is 29.9 Å². The molecule has 2 aliphatic heterocycles. The average molecular weight is 520 g/mol. The SMILES string of the molecule is CN=C(NCC1(N2CCOCC2)CCSC1)N(C)Cc1ccc(OC)cc1.I. The predicted molar refractivity (Wildman–Crippen MR) is 128 cm³/mol. The van der Waals surface area contributed by atoms with Crippen LogP contribution in [0.25, 0.3) is 0 Å². The summed E-state index contributed by atoms with van der Waals surface area (Å²) in [5.41, 5.74) is 1.45. The highest BCUT2D eigenvalue weighted by Crippen LogP contribution is 2.33. The second-order valence-electron chi connectivity index (χ2n) is 7.23. The lowest BCUT2D eigenvalue weighted by molar-refractivity contribution is -0.0121. The fraction of sp³-hybridized carbons (Fsp3) is 0.650. The fourth-order valence-corrected chi connectivity index (χ4v) is 5.32. The Kier molecular flexibility index (Phi) is 9.65. The molecule has 1 atom stereocenters. The minimum absolute atomic E-state index is 0. The number of methoxy groups -OCH3 is 1. The zero-order chi connectivity index (χ0) is 19.1. The van der Waals surface area contributed by atoms with Crippen LogP contribution in [-0.2, 0) is 11.3 Å². The van der Waals surface area contributed by atoms with E-state index in [2.05, 4.69) is 51.1 Å². The maximum atomic E-state index is 5.56. The molecular formula is C20H33IN4O2S. The number of ether oxygens (including phenoxy) is 2. The fourth-order valence-electron chi connectivity index (χ4n) is 3.84. The van der Waals surface area contributed by atoms with E-state index in [0.717, 1.165) is 51.1 Å². The molecule has 28 heavy (non-hydrogen) atoms. The van der Waals surface area contributed by atoms with Crippen molar-refractivity contribution in [3.8, 4) is 5.75 Å². The van der Waals surface area contributed by atoms with E-state index in [9.17, 15) is 0 Å². The van der Waals surface area contributed by atoms with Gasteiger partial charge in [0, 0.05) is 51.6 Å². The molecule has 0 saturated carbocycles. The minimum Gasteiger partial charge on any atom is -0.497 e. The molecule has 2 heterocycles. The number of hydrogen-bond acceptors (Lipinski definition) is 5. The summed E-state index contributed by atoms with van der Waals surface area (Å²) < 4.78 is 10.8. The summed E-state index contributed by atoms with van der Waals surface area (Å²) in [5.74, 6) is 4.24. The topological polar surface area (TPSA) is 49.3 Å². The molecule has 0 spiro atoms. The first-order valence-electron chi connectivity index (χ1n) is 9.62. The van der Waals surface area contributed by atoms with Crippen LogP contribution in [0.1, 0.15) is 12.0 Å². The first-order valence-corrected chi connectivity index (χ1v) is 10.8.